The van der Waals surface area contributed by atoms with Gasteiger partial charge in [-0.25, -0.2) is 0 Å². The summed E-state index contributed by atoms with van der Waals surface area (Å²) in [5.41, 5.74) is 6.39. The van der Waals surface area contributed by atoms with E-state index in [2.05, 4.69) is 0 Å². The largest absolute Gasteiger partial charge is 0.497 e. The van der Waals surface area contributed by atoms with Crippen molar-refractivity contribution in [2.75, 3.05) is 26.7 Å². The first kappa shape index (κ1) is 14.3. The van der Waals surface area contributed by atoms with Gasteiger partial charge in [-0.2, -0.15) is 0 Å². The second-order valence-corrected chi connectivity index (χ2v) is 3.82. The lowest BCUT2D eigenvalue weighted by molar-refractivity contribution is -0.125. The molecule has 1 rings (SSSR count). The number of ether oxygens (including phenoxy) is 1. The van der Waals surface area contributed by atoms with Crippen LogP contribution in [0.2, 0.25) is 0 Å². The molecule has 1 amide bonds. The first-order valence-electron chi connectivity index (χ1n) is 6.02. The van der Waals surface area contributed by atoms with E-state index in [1.807, 2.05) is 31.2 Å². The Morgan fingerprint density at radius 2 is 2.28 bits per heavy atom. The maximum absolute atomic E-state index is 11.8. The van der Waals surface area contributed by atoms with Crippen molar-refractivity contribution in [2.24, 2.45) is 5.73 Å². The molecule has 98 valence electrons. The molecule has 0 radical (unpaired) electrons. The Hall–Kier alpha value is -1.81. The van der Waals surface area contributed by atoms with Crippen LogP contribution in [-0.2, 0) is 4.79 Å². The molecule has 0 unspecified atom stereocenters. The van der Waals surface area contributed by atoms with Crippen molar-refractivity contribution in [1.82, 2.24) is 4.90 Å². The van der Waals surface area contributed by atoms with Gasteiger partial charge in [-0.1, -0.05) is 12.1 Å². The molecule has 0 heterocycles. The van der Waals surface area contributed by atoms with Crippen molar-refractivity contribution in [3.8, 4) is 5.75 Å². The van der Waals surface area contributed by atoms with Gasteiger partial charge in [-0.3, -0.25) is 4.79 Å². The van der Waals surface area contributed by atoms with E-state index in [0.29, 0.717) is 19.6 Å². The minimum atomic E-state index is -0.0224. The first-order chi connectivity index (χ1) is 8.71. The van der Waals surface area contributed by atoms with Gasteiger partial charge in [-0.15, -0.1) is 0 Å². The highest BCUT2D eigenvalue weighted by molar-refractivity contribution is 5.91. The third-order valence-electron chi connectivity index (χ3n) is 2.60. The third-order valence-corrected chi connectivity index (χ3v) is 2.60. The van der Waals surface area contributed by atoms with E-state index in [1.165, 1.54) is 0 Å². The van der Waals surface area contributed by atoms with Gasteiger partial charge < -0.3 is 15.4 Å². The Balaban J connectivity index is 2.70. The zero-order chi connectivity index (χ0) is 13.4. The maximum atomic E-state index is 11.8. The van der Waals surface area contributed by atoms with E-state index in [9.17, 15) is 4.79 Å². The summed E-state index contributed by atoms with van der Waals surface area (Å²) in [6.07, 6.45) is 3.35. The molecule has 1 aromatic rings. The van der Waals surface area contributed by atoms with Gasteiger partial charge in [0.05, 0.1) is 7.11 Å². The number of hydrogen-bond donors (Lipinski definition) is 1. The molecule has 0 fully saturated rings. The standard InChI is InChI=1S/C14H20N2O2/c1-3-16(10-9-15)14(17)8-7-12-5-4-6-13(11-12)18-2/h4-8,11H,3,9-10,15H2,1-2H3/b8-7+. The Labute approximate surface area is 108 Å². The quantitative estimate of drug-likeness (QED) is 0.776. The number of nitrogens with two attached hydrogens (primary N) is 1. The Morgan fingerprint density at radius 1 is 1.50 bits per heavy atom. The summed E-state index contributed by atoms with van der Waals surface area (Å²) in [5.74, 6) is 0.754. The predicted octanol–water partition coefficient (Wildman–Crippen LogP) is 1.52. The van der Waals surface area contributed by atoms with Crippen LogP contribution in [0.15, 0.2) is 30.3 Å². The average molecular weight is 248 g/mol. The smallest absolute Gasteiger partial charge is 0.246 e. The van der Waals surface area contributed by atoms with Crippen LogP contribution in [0, 0.1) is 0 Å². The molecule has 0 aliphatic heterocycles. The summed E-state index contributed by atoms with van der Waals surface area (Å²) < 4.78 is 5.12. The van der Waals surface area contributed by atoms with Crippen molar-refractivity contribution < 1.29 is 9.53 Å². The zero-order valence-electron chi connectivity index (χ0n) is 10.9. The molecule has 4 nitrogen and oxygen atoms in total. The van der Waals surface area contributed by atoms with Crippen molar-refractivity contribution in [3.05, 3.63) is 35.9 Å². The van der Waals surface area contributed by atoms with Crippen LogP contribution in [0.5, 0.6) is 5.75 Å². The molecule has 18 heavy (non-hydrogen) atoms. The number of benzene rings is 1. The molecule has 0 aliphatic rings. The van der Waals surface area contributed by atoms with Crippen LogP contribution in [0.1, 0.15) is 12.5 Å². The molecule has 4 heteroatoms. The summed E-state index contributed by atoms with van der Waals surface area (Å²) in [7, 11) is 1.62. The summed E-state index contributed by atoms with van der Waals surface area (Å²) in [5, 5.41) is 0. The number of likely N-dealkylation sites (N-methyl/N-ethyl adjacent to an activating group) is 1. The number of hydrogen-bond acceptors (Lipinski definition) is 3. The van der Waals surface area contributed by atoms with E-state index < -0.39 is 0 Å². The Morgan fingerprint density at radius 3 is 2.89 bits per heavy atom. The topological polar surface area (TPSA) is 55.6 Å². The van der Waals surface area contributed by atoms with Crippen molar-refractivity contribution in [3.63, 3.8) is 0 Å². The highest BCUT2D eigenvalue weighted by Crippen LogP contribution is 2.13. The first-order valence-corrected chi connectivity index (χ1v) is 6.02. The molecule has 0 bridgehead atoms. The molecule has 0 aromatic heterocycles. The number of rotatable bonds is 6. The summed E-state index contributed by atoms with van der Waals surface area (Å²) >= 11 is 0. The van der Waals surface area contributed by atoms with Gasteiger partial charge in [-0.05, 0) is 30.7 Å². The summed E-state index contributed by atoms with van der Waals surface area (Å²) in [4.78, 5) is 13.5. The molecular formula is C14H20N2O2. The number of carbonyl (C=O) groups is 1. The fraction of sp³-hybridized carbons (Fsp3) is 0.357. The molecule has 0 atom stereocenters. The van der Waals surface area contributed by atoms with Crippen LogP contribution >= 0.6 is 0 Å². The van der Waals surface area contributed by atoms with Gasteiger partial charge in [0.1, 0.15) is 5.75 Å². The summed E-state index contributed by atoms with van der Waals surface area (Å²) in [6.45, 7) is 3.66. The molecule has 0 saturated carbocycles. The molecule has 1 aromatic carbocycles. The fourth-order valence-corrected chi connectivity index (χ4v) is 1.60. The number of nitrogens with zero attached hydrogens (tertiary/aromatic N) is 1. The lowest BCUT2D eigenvalue weighted by Crippen LogP contribution is -2.33. The number of carbonyl (C=O) groups excluding carboxylic acids is 1. The number of amides is 1. The van der Waals surface area contributed by atoms with Gasteiger partial charge in [0.25, 0.3) is 0 Å². The molecule has 0 saturated heterocycles. The minimum absolute atomic E-state index is 0.0224. The Bertz CT molecular complexity index is 416. The van der Waals surface area contributed by atoms with Crippen molar-refractivity contribution in [2.45, 2.75) is 6.92 Å². The van der Waals surface area contributed by atoms with Crippen molar-refractivity contribution >= 4 is 12.0 Å². The van der Waals surface area contributed by atoms with E-state index in [4.69, 9.17) is 10.5 Å². The van der Waals surface area contributed by atoms with Crippen LogP contribution < -0.4 is 10.5 Å². The van der Waals surface area contributed by atoms with Gasteiger partial charge in [0.2, 0.25) is 5.91 Å². The van der Waals surface area contributed by atoms with E-state index in [0.717, 1.165) is 11.3 Å². The fourth-order valence-electron chi connectivity index (χ4n) is 1.60. The third kappa shape index (κ3) is 4.22. The van der Waals surface area contributed by atoms with E-state index in [-0.39, 0.29) is 5.91 Å². The lowest BCUT2D eigenvalue weighted by atomic mass is 10.2. The van der Waals surface area contributed by atoms with E-state index >= 15 is 0 Å². The summed E-state index contributed by atoms with van der Waals surface area (Å²) in [6, 6.07) is 7.56. The monoisotopic (exact) mass is 248 g/mol. The second kappa shape index (κ2) is 7.50. The zero-order valence-corrected chi connectivity index (χ0v) is 10.9. The predicted molar refractivity (Wildman–Crippen MR) is 73.3 cm³/mol. The second-order valence-electron chi connectivity index (χ2n) is 3.82. The lowest BCUT2D eigenvalue weighted by Gasteiger charge is -2.17. The van der Waals surface area contributed by atoms with Crippen LogP contribution in [0.25, 0.3) is 6.08 Å². The number of methoxy groups -OCH3 is 1. The maximum Gasteiger partial charge on any atom is 0.246 e. The van der Waals surface area contributed by atoms with Crippen LogP contribution in [-0.4, -0.2) is 37.6 Å². The van der Waals surface area contributed by atoms with Gasteiger partial charge in [0, 0.05) is 25.7 Å². The normalized spacial score (nSPS) is 10.6. The van der Waals surface area contributed by atoms with Crippen molar-refractivity contribution in [1.29, 1.82) is 0 Å². The van der Waals surface area contributed by atoms with Crippen LogP contribution in [0.4, 0.5) is 0 Å². The highest BCUT2D eigenvalue weighted by atomic mass is 16.5. The van der Waals surface area contributed by atoms with Gasteiger partial charge >= 0.3 is 0 Å². The van der Waals surface area contributed by atoms with Crippen LogP contribution in [0.3, 0.4) is 0 Å². The Kier molecular flexibility index (Phi) is 5.94. The SMILES string of the molecule is CCN(CCN)C(=O)/C=C/c1cccc(OC)c1. The molecule has 2 N–H and O–H groups in total. The molecule has 0 aliphatic carbocycles. The van der Waals surface area contributed by atoms with Gasteiger partial charge in [0.15, 0.2) is 0 Å². The molecule has 0 spiro atoms. The minimum Gasteiger partial charge on any atom is -0.497 e. The molecular weight excluding hydrogens is 228 g/mol. The highest BCUT2D eigenvalue weighted by Gasteiger charge is 2.06. The average Bonchev–Trinajstić information content (AvgIpc) is 2.42. The van der Waals surface area contributed by atoms with E-state index in [1.54, 1.807) is 24.2 Å².